The van der Waals surface area contributed by atoms with Gasteiger partial charge in [0.15, 0.2) is 0 Å². The van der Waals surface area contributed by atoms with Gasteiger partial charge in [-0.15, -0.1) is 0 Å². The van der Waals surface area contributed by atoms with E-state index in [9.17, 15) is 0 Å². The molecule has 0 unspecified atom stereocenters. The van der Waals surface area contributed by atoms with Gasteiger partial charge in [0.25, 0.3) is 0 Å². The van der Waals surface area contributed by atoms with Crippen molar-refractivity contribution in [2.75, 3.05) is 4.90 Å². The van der Waals surface area contributed by atoms with Gasteiger partial charge in [-0.05, 0) is 134 Å². The Labute approximate surface area is 405 Å². The highest BCUT2D eigenvalue weighted by molar-refractivity contribution is 6.16. The fourth-order valence-electron chi connectivity index (χ4n) is 12.4. The molecule has 1 fully saturated rings. The molecule has 1 heterocycles. The van der Waals surface area contributed by atoms with Gasteiger partial charge in [-0.1, -0.05) is 203 Å². The summed E-state index contributed by atoms with van der Waals surface area (Å²) in [6, 6.07) is 84.0. The zero-order valence-electron chi connectivity index (χ0n) is 39.4. The molecule has 2 heteroatoms. The Kier molecular flexibility index (Phi) is 9.98. The third-order valence-corrected chi connectivity index (χ3v) is 15.6. The summed E-state index contributed by atoms with van der Waals surface area (Å²) in [4.78, 5) is 2.55. The second-order valence-corrected chi connectivity index (χ2v) is 19.8. The molecule has 2 aliphatic carbocycles. The Morgan fingerprint density at radius 2 is 1.03 bits per heavy atom. The summed E-state index contributed by atoms with van der Waals surface area (Å²) in [5.41, 5.74) is 21.1. The molecule has 11 aromatic rings. The van der Waals surface area contributed by atoms with Gasteiger partial charge in [0.2, 0.25) is 0 Å². The molecule has 13 rings (SSSR count). The van der Waals surface area contributed by atoms with E-state index >= 15 is 0 Å². The lowest BCUT2D eigenvalue weighted by molar-refractivity contribution is 0.445. The molecule has 0 spiro atoms. The summed E-state index contributed by atoms with van der Waals surface area (Å²) in [5, 5.41) is 5.21. The smallest absolute Gasteiger partial charge is 0.0547 e. The normalized spacial score (nSPS) is 14.3. The minimum Gasteiger partial charge on any atom is -0.309 e. The average Bonchev–Trinajstić information content (AvgIpc) is 3.87. The summed E-state index contributed by atoms with van der Waals surface area (Å²) in [7, 11) is 0. The second-order valence-electron chi connectivity index (χ2n) is 19.8. The highest BCUT2D eigenvalue weighted by atomic mass is 15.1. The number of fused-ring (bicyclic) bond motifs is 7. The van der Waals surface area contributed by atoms with Crippen LogP contribution < -0.4 is 4.90 Å². The van der Waals surface area contributed by atoms with E-state index in [1.54, 1.807) is 0 Å². The summed E-state index contributed by atoms with van der Waals surface area (Å²) < 4.78 is 2.42. The zero-order valence-corrected chi connectivity index (χ0v) is 39.4. The van der Waals surface area contributed by atoms with Gasteiger partial charge in [-0.2, -0.15) is 0 Å². The first kappa shape index (κ1) is 41.3. The van der Waals surface area contributed by atoms with Crippen LogP contribution in [-0.2, 0) is 5.41 Å². The van der Waals surface area contributed by atoms with Crippen molar-refractivity contribution in [2.24, 2.45) is 0 Å². The highest BCUT2D eigenvalue weighted by Crippen LogP contribution is 2.52. The van der Waals surface area contributed by atoms with Gasteiger partial charge >= 0.3 is 0 Å². The lowest BCUT2D eigenvalue weighted by Crippen LogP contribution is -2.15. The minimum absolute atomic E-state index is 0.118. The van der Waals surface area contributed by atoms with E-state index in [1.807, 2.05) is 0 Å². The van der Waals surface area contributed by atoms with E-state index in [-0.39, 0.29) is 5.41 Å². The maximum atomic E-state index is 2.55. The van der Waals surface area contributed by atoms with Gasteiger partial charge in [0, 0.05) is 38.7 Å². The Balaban J connectivity index is 1.05. The first-order valence-electron chi connectivity index (χ1n) is 25.0. The lowest BCUT2D eigenvalue weighted by Gasteiger charge is -2.31. The van der Waals surface area contributed by atoms with E-state index in [0.29, 0.717) is 5.92 Å². The average molecular weight is 887 g/mol. The molecule has 0 atom stereocenters. The van der Waals surface area contributed by atoms with Crippen LogP contribution in [0.1, 0.15) is 68.6 Å². The molecule has 69 heavy (non-hydrogen) atoms. The SMILES string of the molecule is CC1(C)c2ccccc2-c2ccc(-c3ccccc3N(c3cccc(-c4cccc5c4c4ccccc4n5-c4ccccc4)c3)c3ccccc3-c3cccc4cccc(C5CCCCC5)c34)cc21. The number of benzene rings is 10. The number of rotatable bonds is 8. The van der Waals surface area contributed by atoms with Crippen molar-refractivity contribution in [1.82, 2.24) is 4.57 Å². The Morgan fingerprint density at radius 3 is 1.87 bits per heavy atom. The molecule has 2 nitrogen and oxygen atoms in total. The number of nitrogens with zero attached hydrogens (tertiary/aromatic N) is 2. The van der Waals surface area contributed by atoms with Crippen LogP contribution in [0, 0.1) is 0 Å². The van der Waals surface area contributed by atoms with Crippen molar-refractivity contribution in [3.8, 4) is 50.2 Å². The minimum atomic E-state index is -0.118. The summed E-state index contributed by atoms with van der Waals surface area (Å²) in [6.07, 6.45) is 6.44. The van der Waals surface area contributed by atoms with Crippen molar-refractivity contribution < 1.29 is 0 Å². The number of aromatic nitrogens is 1. The van der Waals surface area contributed by atoms with E-state index in [2.05, 4.69) is 248 Å². The predicted molar refractivity (Wildman–Crippen MR) is 293 cm³/mol. The van der Waals surface area contributed by atoms with Crippen LogP contribution in [0.4, 0.5) is 17.1 Å². The van der Waals surface area contributed by atoms with Crippen molar-refractivity contribution >= 4 is 49.6 Å². The van der Waals surface area contributed by atoms with Crippen molar-refractivity contribution in [3.05, 3.63) is 241 Å². The first-order valence-corrected chi connectivity index (χ1v) is 25.0. The third-order valence-electron chi connectivity index (χ3n) is 15.6. The molecule has 0 N–H and O–H groups in total. The van der Waals surface area contributed by atoms with Gasteiger partial charge in [-0.3, -0.25) is 0 Å². The molecule has 1 saturated carbocycles. The summed E-state index contributed by atoms with van der Waals surface area (Å²) in [6.45, 7) is 4.76. The fraction of sp³-hybridized carbons (Fsp3) is 0.134. The molecule has 10 aromatic carbocycles. The van der Waals surface area contributed by atoms with Crippen LogP contribution in [0.15, 0.2) is 224 Å². The van der Waals surface area contributed by atoms with Gasteiger partial charge < -0.3 is 9.47 Å². The quantitative estimate of drug-likeness (QED) is 0.148. The monoisotopic (exact) mass is 886 g/mol. The van der Waals surface area contributed by atoms with Crippen LogP contribution >= 0.6 is 0 Å². The first-order chi connectivity index (χ1) is 34.0. The van der Waals surface area contributed by atoms with Crippen LogP contribution in [0.3, 0.4) is 0 Å². The molecule has 0 saturated heterocycles. The summed E-state index contributed by atoms with van der Waals surface area (Å²) >= 11 is 0. The van der Waals surface area contributed by atoms with E-state index in [1.165, 1.54) is 126 Å². The largest absolute Gasteiger partial charge is 0.309 e. The van der Waals surface area contributed by atoms with Gasteiger partial charge in [0.05, 0.1) is 22.4 Å². The van der Waals surface area contributed by atoms with Crippen molar-refractivity contribution in [2.45, 2.75) is 57.3 Å². The molecule has 2 aliphatic rings. The predicted octanol–water partition coefficient (Wildman–Crippen LogP) is 18.8. The molecular formula is C67H54N2. The van der Waals surface area contributed by atoms with Gasteiger partial charge in [0.1, 0.15) is 0 Å². The third kappa shape index (κ3) is 6.76. The Bertz CT molecular complexity index is 3750. The maximum Gasteiger partial charge on any atom is 0.0547 e. The molecule has 0 bridgehead atoms. The zero-order chi connectivity index (χ0) is 46.1. The van der Waals surface area contributed by atoms with Crippen molar-refractivity contribution in [3.63, 3.8) is 0 Å². The number of hydrogen-bond acceptors (Lipinski definition) is 1. The number of hydrogen-bond donors (Lipinski definition) is 0. The fourth-order valence-corrected chi connectivity index (χ4v) is 12.4. The molecule has 1 aromatic heterocycles. The second kappa shape index (κ2) is 16.7. The molecule has 0 aliphatic heterocycles. The molecule has 0 amide bonds. The maximum absolute atomic E-state index is 2.55. The topological polar surface area (TPSA) is 8.17 Å². The van der Waals surface area contributed by atoms with Crippen LogP contribution in [0.25, 0.3) is 82.8 Å². The Morgan fingerprint density at radius 1 is 0.420 bits per heavy atom. The summed E-state index contributed by atoms with van der Waals surface area (Å²) in [5.74, 6) is 0.565. The van der Waals surface area contributed by atoms with Crippen molar-refractivity contribution in [1.29, 1.82) is 0 Å². The van der Waals surface area contributed by atoms with Gasteiger partial charge in [-0.25, -0.2) is 0 Å². The van der Waals surface area contributed by atoms with Crippen LogP contribution in [0.5, 0.6) is 0 Å². The molecular weight excluding hydrogens is 833 g/mol. The van der Waals surface area contributed by atoms with Crippen LogP contribution in [-0.4, -0.2) is 4.57 Å². The molecule has 0 radical (unpaired) electrons. The number of anilines is 3. The Hall–Kier alpha value is -7.94. The highest BCUT2D eigenvalue weighted by Gasteiger charge is 2.35. The number of para-hydroxylation sites is 4. The van der Waals surface area contributed by atoms with E-state index < -0.39 is 0 Å². The lowest BCUT2D eigenvalue weighted by atomic mass is 9.80. The van der Waals surface area contributed by atoms with Crippen LogP contribution in [0.2, 0.25) is 0 Å². The van der Waals surface area contributed by atoms with E-state index in [0.717, 1.165) is 22.7 Å². The standard InChI is InChI=1S/C67H54N2/c1-67(2)59-36-13-9-30-54(59)55-42-41-48(44-60(55)67)51-29-10-14-37-61(51)69(62-38-15-11-31-56(62)57-35-19-24-46-23-18-33-52(65(46)57)45-21-5-3-6-22-45)50-28-17-25-47(43-50)53-34-20-40-64-66(53)58-32-12-16-39-63(58)68(64)49-26-7-4-8-27-49/h4,7-20,23-45H,3,5-6,21-22H2,1-2H3. The molecule has 332 valence electrons. The van der Waals surface area contributed by atoms with E-state index in [4.69, 9.17) is 0 Å².